The zero-order chi connectivity index (χ0) is 28.3. The van der Waals surface area contributed by atoms with E-state index in [9.17, 15) is 8.78 Å². The van der Waals surface area contributed by atoms with E-state index < -0.39 is 6.43 Å². The van der Waals surface area contributed by atoms with Crippen molar-refractivity contribution in [3.05, 3.63) is 36.1 Å². The number of nitrogens with one attached hydrogen (secondary N) is 1. The fourth-order valence-corrected chi connectivity index (χ4v) is 8.67. The predicted octanol–water partition coefficient (Wildman–Crippen LogP) is 4.29. The number of fused-ring (bicyclic) bond motifs is 3. The molecule has 0 aromatic carbocycles. The Morgan fingerprint density at radius 3 is 2.57 bits per heavy atom. The van der Waals surface area contributed by atoms with Crippen LogP contribution in [-0.2, 0) is 4.74 Å². The number of nitrogens with zero attached hydrogens (tertiary/aromatic N) is 7. The molecule has 8 rings (SSSR count). The Labute approximate surface area is 247 Å². The molecule has 42 heavy (non-hydrogen) atoms. The van der Waals surface area contributed by atoms with Gasteiger partial charge in [0, 0.05) is 32.4 Å². The first-order chi connectivity index (χ1) is 20.5. The van der Waals surface area contributed by atoms with Gasteiger partial charge in [-0.1, -0.05) is 0 Å². The summed E-state index contributed by atoms with van der Waals surface area (Å²) in [5, 5.41) is 11.8. The van der Waals surface area contributed by atoms with Crippen LogP contribution in [0.1, 0.15) is 75.9 Å². The van der Waals surface area contributed by atoms with E-state index in [0.29, 0.717) is 29.8 Å². The molecular weight excluding hydrogens is 538 g/mol. The third-order valence-corrected chi connectivity index (χ3v) is 11.2. The number of hydrazine groups is 1. The van der Waals surface area contributed by atoms with Crippen LogP contribution in [0.2, 0.25) is 0 Å². The number of aliphatic imine (C=N–C) groups is 1. The van der Waals surface area contributed by atoms with Gasteiger partial charge in [-0.15, -0.1) is 0 Å². The molecule has 1 aromatic rings. The highest BCUT2D eigenvalue weighted by Crippen LogP contribution is 2.45. The zero-order valence-corrected chi connectivity index (χ0v) is 24.5. The largest absolute Gasteiger partial charge is 0.374 e. The Balaban J connectivity index is 0.889. The second kappa shape index (κ2) is 10.9. The number of ether oxygens (including phenoxy) is 1. The smallest absolute Gasteiger partial charge is 0.284 e. The van der Waals surface area contributed by atoms with Crippen LogP contribution in [0.4, 0.5) is 14.5 Å². The van der Waals surface area contributed by atoms with Crippen molar-refractivity contribution < 1.29 is 13.5 Å². The minimum Gasteiger partial charge on any atom is -0.374 e. The number of hydrogen-bond acceptors (Lipinski definition) is 8. The molecule has 228 valence electrons. The molecule has 6 aliphatic heterocycles. The van der Waals surface area contributed by atoms with E-state index in [1.54, 1.807) is 0 Å². The first kappa shape index (κ1) is 27.1. The van der Waals surface area contributed by atoms with Gasteiger partial charge in [0.2, 0.25) is 0 Å². The summed E-state index contributed by atoms with van der Waals surface area (Å²) in [5.41, 5.74) is 0.949. The summed E-state index contributed by atoms with van der Waals surface area (Å²) >= 11 is 0. The maximum Gasteiger partial charge on any atom is 0.284 e. The molecule has 7 heterocycles. The molecule has 1 aromatic heterocycles. The number of morpholine rings is 1. The monoisotopic (exact) mass is 582 g/mol. The Hall–Kier alpha value is -2.50. The number of piperidine rings is 2. The maximum atomic E-state index is 14.3. The van der Waals surface area contributed by atoms with Crippen LogP contribution in [0.25, 0.3) is 0 Å². The van der Waals surface area contributed by atoms with Crippen LogP contribution in [0.3, 0.4) is 0 Å². The molecule has 7 aliphatic rings. The molecule has 2 bridgehead atoms. The molecule has 2 atom stereocenters. The molecule has 1 saturated carbocycles. The normalized spacial score (nSPS) is 30.1. The lowest BCUT2D eigenvalue weighted by Gasteiger charge is -2.44. The van der Waals surface area contributed by atoms with E-state index >= 15 is 0 Å². The van der Waals surface area contributed by atoms with Crippen molar-refractivity contribution in [3.63, 3.8) is 0 Å². The lowest BCUT2D eigenvalue weighted by molar-refractivity contribution is 0.0568. The number of amidine groups is 1. The van der Waals surface area contributed by atoms with Gasteiger partial charge in [0.25, 0.3) is 6.43 Å². The molecule has 1 N–H and O–H groups in total. The lowest BCUT2D eigenvalue weighted by Crippen LogP contribution is -2.43. The number of alkyl halides is 2. The van der Waals surface area contributed by atoms with Crippen LogP contribution < -0.4 is 10.3 Å². The first-order valence-corrected chi connectivity index (χ1v) is 16.3. The minimum atomic E-state index is -2.63. The van der Waals surface area contributed by atoms with Crippen molar-refractivity contribution >= 4 is 11.5 Å². The van der Waals surface area contributed by atoms with Crippen molar-refractivity contribution in [1.82, 2.24) is 29.9 Å². The average Bonchev–Trinajstić information content (AvgIpc) is 3.82. The number of halogens is 2. The van der Waals surface area contributed by atoms with Crippen molar-refractivity contribution in [2.24, 2.45) is 16.3 Å². The zero-order valence-electron chi connectivity index (χ0n) is 24.5. The number of aromatic nitrogens is 2. The van der Waals surface area contributed by atoms with E-state index in [2.05, 4.69) is 20.2 Å². The van der Waals surface area contributed by atoms with Gasteiger partial charge in [-0.2, -0.15) is 5.10 Å². The first-order valence-electron chi connectivity index (χ1n) is 16.3. The topological polar surface area (TPSA) is 64.4 Å². The molecule has 4 saturated heterocycles. The van der Waals surface area contributed by atoms with Crippen LogP contribution in [0.5, 0.6) is 0 Å². The van der Waals surface area contributed by atoms with E-state index in [1.165, 1.54) is 58.2 Å². The Morgan fingerprint density at radius 1 is 1.05 bits per heavy atom. The van der Waals surface area contributed by atoms with Gasteiger partial charge < -0.3 is 19.9 Å². The van der Waals surface area contributed by atoms with Crippen molar-refractivity contribution in [3.8, 4) is 0 Å². The van der Waals surface area contributed by atoms with Crippen LogP contribution in [0.15, 0.2) is 35.4 Å². The summed E-state index contributed by atoms with van der Waals surface area (Å²) in [4.78, 5) is 9.83. The van der Waals surface area contributed by atoms with Crippen LogP contribution >= 0.6 is 0 Å². The number of rotatable bonds is 5. The SMILES string of the molecule is FC(F)c1nn(C2CCN(CC3CCC4(CCNCC4)CC3)CC2)cc1N1CC=C2N=C(N3C[C@H]4C[C@@H]3CO4)C=CN21. The number of hydrogen-bond donors (Lipinski definition) is 1. The van der Waals surface area contributed by atoms with Gasteiger partial charge in [0.05, 0.1) is 37.5 Å². The second-order valence-electron chi connectivity index (χ2n) is 13.7. The summed E-state index contributed by atoms with van der Waals surface area (Å²) in [6, 6.07) is 0.536. The second-order valence-corrected chi connectivity index (χ2v) is 13.7. The van der Waals surface area contributed by atoms with E-state index in [4.69, 9.17) is 9.73 Å². The fraction of sp³-hybridized carbons (Fsp3) is 0.742. The quantitative estimate of drug-likeness (QED) is 0.556. The lowest BCUT2D eigenvalue weighted by atomic mass is 9.65. The molecule has 11 heteroatoms. The summed E-state index contributed by atoms with van der Waals surface area (Å²) in [6.07, 6.45) is 16.6. The highest BCUT2D eigenvalue weighted by Gasteiger charge is 2.42. The van der Waals surface area contributed by atoms with Crippen LogP contribution in [0, 0.1) is 11.3 Å². The van der Waals surface area contributed by atoms with Crippen molar-refractivity contribution in [1.29, 1.82) is 0 Å². The molecular formula is C31H44F2N8O. The maximum absolute atomic E-state index is 14.3. The Morgan fingerprint density at radius 2 is 1.86 bits per heavy atom. The van der Waals surface area contributed by atoms with E-state index in [0.717, 1.165) is 63.1 Å². The molecule has 0 amide bonds. The van der Waals surface area contributed by atoms with Gasteiger partial charge in [-0.3, -0.25) is 9.69 Å². The number of likely N-dealkylation sites (tertiary alicyclic amines) is 2. The van der Waals surface area contributed by atoms with Crippen molar-refractivity contribution in [2.45, 2.75) is 82.4 Å². The van der Waals surface area contributed by atoms with Gasteiger partial charge in [-0.25, -0.2) is 18.8 Å². The molecule has 1 spiro atoms. The average molecular weight is 583 g/mol. The summed E-state index contributed by atoms with van der Waals surface area (Å²) < 4.78 is 36.1. The Kier molecular flexibility index (Phi) is 7.02. The molecule has 9 nitrogen and oxygen atoms in total. The van der Waals surface area contributed by atoms with Crippen LogP contribution in [-0.4, -0.2) is 95.0 Å². The minimum absolute atomic E-state index is 0.140. The molecule has 0 radical (unpaired) electrons. The molecule has 1 aliphatic carbocycles. The summed E-state index contributed by atoms with van der Waals surface area (Å²) in [5.74, 6) is 2.52. The van der Waals surface area contributed by atoms with E-state index in [-0.39, 0.29) is 11.7 Å². The highest BCUT2D eigenvalue weighted by molar-refractivity contribution is 5.95. The highest BCUT2D eigenvalue weighted by atomic mass is 19.3. The summed E-state index contributed by atoms with van der Waals surface area (Å²) in [7, 11) is 0. The van der Waals surface area contributed by atoms with Gasteiger partial charge in [-0.05, 0) is 94.4 Å². The Bertz CT molecular complexity index is 1240. The summed E-state index contributed by atoms with van der Waals surface area (Å²) in [6.45, 7) is 7.71. The van der Waals surface area contributed by atoms with E-state index in [1.807, 2.05) is 39.2 Å². The predicted molar refractivity (Wildman–Crippen MR) is 157 cm³/mol. The van der Waals surface area contributed by atoms with Crippen molar-refractivity contribution in [2.75, 3.05) is 57.4 Å². The third kappa shape index (κ3) is 4.95. The molecule has 0 unspecified atom stereocenters. The fourth-order valence-electron chi connectivity index (χ4n) is 8.67. The number of anilines is 1. The molecule has 5 fully saturated rings. The van der Waals surface area contributed by atoms with Gasteiger partial charge in [0.1, 0.15) is 11.5 Å². The van der Waals surface area contributed by atoms with Gasteiger partial charge in [0.15, 0.2) is 11.5 Å². The van der Waals surface area contributed by atoms with Gasteiger partial charge >= 0.3 is 0 Å². The standard InChI is InChI=1S/C31H44F2N8O/c32-30(33)29-26(40-15-6-28-35-27(5-16-41(28)40)38-19-25-17-24(38)21-42-25)20-39(36-29)23-3-13-37(14-4-23)18-22-1-7-31(8-2-22)9-11-34-12-10-31/h5-6,16,20,22-25,30,34H,1-4,7-15,17-19,21H2/t24-,25-/m1/s1. The third-order valence-electron chi connectivity index (χ3n) is 11.2.